The van der Waals surface area contributed by atoms with Gasteiger partial charge in [-0.25, -0.2) is 0 Å². The van der Waals surface area contributed by atoms with E-state index < -0.39 is 5.97 Å². The van der Waals surface area contributed by atoms with Crippen LogP contribution in [0.2, 0.25) is 0 Å². The number of nitrogens with one attached hydrogen (secondary N) is 1. The number of carbonyl (C=O) groups excluding carboxylic acids is 1. The maximum absolute atomic E-state index is 11.5. The van der Waals surface area contributed by atoms with Gasteiger partial charge in [-0.3, -0.25) is 14.6 Å². The fourth-order valence-corrected chi connectivity index (χ4v) is 3.24. The highest BCUT2D eigenvalue weighted by Crippen LogP contribution is 2.13. The average molecular weight is 368 g/mol. The maximum atomic E-state index is 11.5. The van der Waals surface area contributed by atoms with Crippen molar-refractivity contribution in [3.05, 3.63) is 0 Å². The standard InChI is InChI=1S/C20H37N3O3/c1-2-3-4-5-6-7-8-9-10-11-18-21-14-16-23(18)17-15-22-19(24)12-13-20(25)26/h2-17H2,1H3,(H,22,24)(H,25,26). The number of amidine groups is 1. The normalized spacial score (nSPS) is 13.7. The lowest BCUT2D eigenvalue weighted by molar-refractivity contribution is -0.138. The molecule has 0 aromatic heterocycles. The fraction of sp³-hybridized carbons (Fsp3) is 0.850. The molecule has 1 heterocycles. The Kier molecular flexibility index (Phi) is 12.6. The average Bonchev–Trinajstić information content (AvgIpc) is 3.06. The molecule has 0 aromatic carbocycles. The van der Waals surface area contributed by atoms with E-state index in [2.05, 4.69) is 22.1 Å². The largest absolute Gasteiger partial charge is 0.481 e. The monoisotopic (exact) mass is 367 g/mol. The van der Waals surface area contributed by atoms with E-state index in [9.17, 15) is 9.59 Å². The second kappa shape index (κ2) is 14.6. The molecule has 0 atom stereocenters. The van der Waals surface area contributed by atoms with Crippen LogP contribution in [-0.4, -0.2) is 53.9 Å². The second-order valence-corrected chi connectivity index (χ2v) is 7.11. The van der Waals surface area contributed by atoms with Crippen molar-refractivity contribution in [3.63, 3.8) is 0 Å². The number of hydrogen-bond donors (Lipinski definition) is 2. The molecule has 0 saturated carbocycles. The summed E-state index contributed by atoms with van der Waals surface area (Å²) in [5.41, 5.74) is 0. The van der Waals surface area contributed by atoms with Gasteiger partial charge in [-0.05, 0) is 6.42 Å². The van der Waals surface area contributed by atoms with Crippen molar-refractivity contribution < 1.29 is 14.7 Å². The summed E-state index contributed by atoms with van der Waals surface area (Å²) < 4.78 is 0. The first-order chi connectivity index (χ1) is 12.6. The Labute approximate surface area is 158 Å². The zero-order chi connectivity index (χ0) is 19.0. The van der Waals surface area contributed by atoms with E-state index in [0.717, 1.165) is 26.1 Å². The number of carboxylic acid groups (broad SMARTS) is 1. The van der Waals surface area contributed by atoms with Crippen molar-refractivity contribution in [2.75, 3.05) is 26.2 Å². The van der Waals surface area contributed by atoms with Crippen LogP contribution in [0.15, 0.2) is 4.99 Å². The molecule has 6 heteroatoms. The zero-order valence-corrected chi connectivity index (χ0v) is 16.5. The smallest absolute Gasteiger partial charge is 0.303 e. The minimum Gasteiger partial charge on any atom is -0.481 e. The molecule has 0 aromatic rings. The lowest BCUT2D eigenvalue weighted by Crippen LogP contribution is -2.37. The van der Waals surface area contributed by atoms with Crippen LogP contribution in [-0.2, 0) is 9.59 Å². The first-order valence-corrected chi connectivity index (χ1v) is 10.4. The molecule has 6 nitrogen and oxygen atoms in total. The molecule has 26 heavy (non-hydrogen) atoms. The summed E-state index contributed by atoms with van der Waals surface area (Å²) in [7, 11) is 0. The quantitative estimate of drug-likeness (QED) is 0.408. The highest BCUT2D eigenvalue weighted by molar-refractivity contribution is 5.84. The number of unbranched alkanes of at least 4 members (excludes halogenated alkanes) is 8. The molecule has 0 saturated heterocycles. The van der Waals surface area contributed by atoms with Gasteiger partial charge < -0.3 is 15.3 Å². The van der Waals surface area contributed by atoms with Crippen LogP contribution in [0.3, 0.4) is 0 Å². The topological polar surface area (TPSA) is 82.0 Å². The highest BCUT2D eigenvalue weighted by Gasteiger charge is 2.16. The number of aliphatic imine (C=N–C) groups is 1. The third kappa shape index (κ3) is 11.1. The summed E-state index contributed by atoms with van der Waals surface area (Å²) >= 11 is 0. The summed E-state index contributed by atoms with van der Waals surface area (Å²) in [6, 6.07) is 0. The molecule has 0 radical (unpaired) electrons. The molecule has 1 aliphatic rings. The summed E-state index contributed by atoms with van der Waals surface area (Å²) in [5.74, 6) is 0.0480. The van der Waals surface area contributed by atoms with Gasteiger partial charge >= 0.3 is 5.97 Å². The Morgan fingerprint density at radius 1 is 1.04 bits per heavy atom. The Morgan fingerprint density at radius 2 is 1.69 bits per heavy atom. The second-order valence-electron chi connectivity index (χ2n) is 7.11. The SMILES string of the molecule is CCCCCCCCCCCC1=NCCN1CCNC(=O)CCC(=O)O. The summed E-state index contributed by atoms with van der Waals surface area (Å²) in [6.45, 7) is 5.34. The summed E-state index contributed by atoms with van der Waals surface area (Å²) in [5, 5.41) is 11.4. The number of rotatable bonds is 16. The van der Waals surface area contributed by atoms with Crippen molar-refractivity contribution in [1.82, 2.24) is 10.2 Å². The van der Waals surface area contributed by atoms with Crippen LogP contribution in [0.5, 0.6) is 0 Å². The Bertz CT molecular complexity index is 438. The van der Waals surface area contributed by atoms with Crippen LogP contribution < -0.4 is 5.32 Å². The number of carbonyl (C=O) groups is 2. The van der Waals surface area contributed by atoms with Crippen LogP contribution >= 0.6 is 0 Å². The number of aliphatic carboxylic acids is 1. The van der Waals surface area contributed by atoms with Crippen LogP contribution in [0.25, 0.3) is 0 Å². The lowest BCUT2D eigenvalue weighted by atomic mass is 10.1. The Balaban J connectivity index is 2.03. The minimum absolute atomic E-state index is 0.0503. The first-order valence-electron chi connectivity index (χ1n) is 10.4. The van der Waals surface area contributed by atoms with E-state index in [1.54, 1.807) is 0 Å². The number of nitrogens with zero attached hydrogens (tertiary/aromatic N) is 2. The van der Waals surface area contributed by atoms with E-state index in [0.29, 0.717) is 6.54 Å². The molecule has 0 spiro atoms. The third-order valence-electron chi connectivity index (χ3n) is 4.80. The fourth-order valence-electron chi connectivity index (χ4n) is 3.24. The molecule has 150 valence electrons. The summed E-state index contributed by atoms with van der Waals surface area (Å²) in [4.78, 5) is 28.8. The predicted octanol–water partition coefficient (Wildman–Crippen LogP) is 3.60. The van der Waals surface area contributed by atoms with E-state index >= 15 is 0 Å². The van der Waals surface area contributed by atoms with Crippen molar-refractivity contribution >= 4 is 17.7 Å². The number of hydrogen-bond acceptors (Lipinski definition) is 4. The van der Waals surface area contributed by atoms with E-state index in [4.69, 9.17) is 5.11 Å². The molecule has 2 N–H and O–H groups in total. The van der Waals surface area contributed by atoms with Crippen LogP contribution in [0.1, 0.15) is 84.0 Å². The van der Waals surface area contributed by atoms with Gasteiger partial charge in [0.15, 0.2) is 0 Å². The van der Waals surface area contributed by atoms with E-state index in [-0.39, 0.29) is 18.7 Å². The van der Waals surface area contributed by atoms with Crippen LogP contribution in [0, 0.1) is 0 Å². The molecular formula is C20H37N3O3. The van der Waals surface area contributed by atoms with Gasteiger partial charge in [0, 0.05) is 32.5 Å². The molecule has 1 rings (SSSR count). The van der Waals surface area contributed by atoms with Gasteiger partial charge in [0.05, 0.1) is 18.8 Å². The van der Waals surface area contributed by atoms with Gasteiger partial charge in [-0.1, -0.05) is 58.3 Å². The van der Waals surface area contributed by atoms with Crippen molar-refractivity contribution in [2.24, 2.45) is 4.99 Å². The molecular weight excluding hydrogens is 330 g/mol. The van der Waals surface area contributed by atoms with Crippen LogP contribution in [0.4, 0.5) is 0 Å². The van der Waals surface area contributed by atoms with Crippen molar-refractivity contribution in [1.29, 1.82) is 0 Å². The number of amides is 1. The molecule has 0 fully saturated rings. The minimum atomic E-state index is -0.935. The van der Waals surface area contributed by atoms with E-state index in [1.165, 1.54) is 63.6 Å². The molecule has 1 aliphatic heterocycles. The zero-order valence-electron chi connectivity index (χ0n) is 16.5. The maximum Gasteiger partial charge on any atom is 0.303 e. The predicted molar refractivity (Wildman–Crippen MR) is 106 cm³/mol. The van der Waals surface area contributed by atoms with Crippen molar-refractivity contribution in [2.45, 2.75) is 84.0 Å². The van der Waals surface area contributed by atoms with Gasteiger partial charge in [0.1, 0.15) is 0 Å². The highest BCUT2D eigenvalue weighted by atomic mass is 16.4. The van der Waals surface area contributed by atoms with Gasteiger partial charge in [-0.15, -0.1) is 0 Å². The third-order valence-corrected chi connectivity index (χ3v) is 4.80. The van der Waals surface area contributed by atoms with E-state index in [1.807, 2.05) is 0 Å². The Morgan fingerprint density at radius 3 is 2.35 bits per heavy atom. The molecule has 1 amide bonds. The number of carboxylic acids is 1. The molecule has 0 unspecified atom stereocenters. The van der Waals surface area contributed by atoms with Gasteiger partial charge in [-0.2, -0.15) is 0 Å². The molecule has 0 aliphatic carbocycles. The summed E-state index contributed by atoms with van der Waals surface area (Å²) in [6.07, 6.45) is 12.9. The van der Waals surface area contributed by atoms with Crippen molar-refractivity contribution in [3.8, 4) is 0 Å². The Hall–Kier alpha value is -1.59. The lowest BCUT2D eigenvalue weighted by Gasteiger charge is -2.20. The first kappa shape index (κ1) is 22.5. The van der Waals surface area contributed by atoms with Gasteiger partial charge in [0.25, 0.3) is 0 Å². The molecule has 0 bridgehead atoms. The van der Waals surface area contributed by atoms with Gasteiger partial charge in [0.2, 0.25) is 5.91 Å².